The number of hydrogen-bond donors (Lipinski definition) is 7. The molecule has 2 aromatic carbocycles. The monoisotopic (exact) mass is 577 g/mol. The van der Waals surface area contributed by atoms with Gasteiger partial charge in [0, 0.05) is 0 Å². The highest BCUT2D eigenvalue weighted by molar-refractivity contribution is 5.89. The van der Waals surface area contributed by atoms with Crippen LogP contribution >= 0.6 is 0 Å². The summed E-state index contributed by atoms with van der Waals surface area (Å²) in [7, 11) is 0. The van der Waals surface area contributed by atoms with E-state index in [9.17, 15) is 45.8 Å². The van der Waals surface area contributed by atoms with E-state index in [1.807, 2.05) is 6.07 Å². The maximum atomic E-state index is 12.3. The van der Waals surface area contributed by atoms with Crippen molar-refractivity contribution >= 4 is 5.97 Å². The van der Waals surface area contributed by atoms with Gasteiger partial charge in [0.05, 0.1) is 18.2 Å². The van der Waals surface area contributed by atoms with Gasteiger partial charge >= 0.3 is 5.97 Å². The standard InChI is InChI=1S/C27H31NO13/c28-10-16(13-4-2-1-3-5-13)39-27-24(35)22(33)20(31)18(41-27)12-38-26-23(34)21(32)19(30)17(40-26)11-37-25(36)14-6-8-15(29)9-7-14/h1-9,16-24,26-27,29-35H,11-12H2. The molecule has 0 aromatic heterocycles. The number of aliphatic hydroxyl groups is 6. The van der Waals surface area contributed by atoms with Gasteiger partial charge in [-0.15, -0.1) is 0 Å². The van der Waals surface area contributed by atoms with E-state index in [4.69, 9.17) is 23.7 Å². The number of aromatic hydroxyl groups is 1. The van der Waals surface area contributed by atoms with Crippen LogP contribution in [0.4, 0.5) is 0 Å². The molecule has 2 saturated heterocycles. The van der Waals surface area contributed by atoms with E-state index in [0.717, 1.165) is 0 Å². The fraction of sp³-hybridized carbons (Fsp3) is 0.481. The van der Waals surface area contributed by atoms with Crippen molar-refractivity contribution in [2.45, 2.75) is 67.5 Å². The van der Waals surface area contributed by atoms with Gasteiger partial charge in [0.25, 0.3) is 0 Å². The lowest BCUT2D eigenvalue weighted by Gasteiger charge is -2.43. The molecule has 0 bridgehead atoms. The molecule has 41 heavy (non-hydrogen) atoms. The Hall–Kier alpha value is -3.20. The largest absolute Gasteiger partial charge is 0.508 e. The number of carbonyl (C=O) groups is 1. The average Bonchev–Trinajstić information content (AvgIpc) is 2.98. The normalized spacial score (nSPS) is 34.4. The maximum Gasteiger partial charge on any atom is 0.338 e. The minimum atomic E-state index is -1.77. The SMILES string of the molecule is N#CC(OC1OC(COC2OC(COC(=O)c3ccc(O)cc3)C(O)C(O)C2O)C(O)C(O)C1O)c1ccccc1. The van der Waals surface area contributed by atoms with Crippen molar-refractivity contribution in [3.63, 3.8) is 0 Å². The van der Waals surface area contributed by atoms with Crippen LogP contribution in [0.15, 0.2) is 54.6 Å². The van der Waals surface area contributed by atoms with E-state index in [1.54, 1.807) is 30.3 Å². The van der Waals surface area contributed by atoms with Crippen LogP contribution in [0.3, 0.4) is 0 Å². The zero-order valence-electron chi connectivity index (χ0n) is 21.5. The molecule has 0 saturated carbocycles. The van der Waals surface area contributed by atoms with Crippen molar-refractivity contribution in [3.05, 3.63) is 65.7 Å². The number of carbonyl (C=O) groups excluding carboxylic acids is 1. The third-order valence-corrected chi connectivity index (χ3v) is 6.73. The molecular weight excluding hydrogens is 546 g/mol. The fourth-order valence-corrected chi connectivity index (χ4v) is 4.33. The quantitative estimate of drug-likeness (QED) is 0.168. The molecule has 11 atom stereocenters. The van der Waals surface area contributed by atoms with Crippen molar-refractivity contribution < 1.29 is 64.2 Å². The zero-order chi connectivity index (χ0) is 29.7. The predicted octanol–water partition coefficient (Wildman–Crippen LogP) is -1.54. The predicted molar refractivity (Wildman–Crippen MR) is 134 cm³/mol. The van der Waals surface area contributed by atoms with Gasteiger partial charge in [-0.05, 0) is 29.8 Å². The Morgan fingerprint density at radius 2 is 1.34 bits per heavy atom. The summed E-state index contributed by atoms with van der Waals surface area (Å²) in [4.78, 5) is 12.3. The van der Waals surface area contributed by atoms with Gasteiger partial charge in [-0.2, -0.15) is 5.26 Å². The first-order valence-corrected chi connectivity index (χ1v) is 12.7. The summed E-state index contributed by atoms with van der Waals surface area (Å²) in [6.07, 6.45) is -17.4. The maximum absolute atomic E-state index is 12.3. The summed E-state index contributed by atoms with van der Waals surface area (Å²) in [5, 5.41) is 81.1. The van der Waals surface area contributed by atoms with Crippen LogP contribution in [0.2, 0.25) is 0 Å². The Kier molecular flexibility index (Phi) is 10.2. The van der Waals surface area contributed by atoms with Crippen molar-refractivity contribution in [1.29, 1.82) is 5.26 Å². The first-order valence-electron chi connectivity index (χ1n) is 12.7. The highest BCUT2D eigenvalue weighted by Crippen LogP contribution is 2.29. The van der Waals surface area contributed by atoms with Crippen LogP contribution in [0.1, 0.15) is 22.0 Å². The molecule has 7 N–H and O–H groups in total. The fourth-order valence-electron chi connectivity index (χ4n) is 4.33. The van der Waals surface area contributed by atoms with Crippen molar-refractivity contribution in [3.8, 4) is 11.8 Å². The molecule has 0 radical (unpaired) electrons. The highest BCUT2D eigenvalue weighted by atomic mass is 16.7. The number of esters is 1. The molecule has 0 spiro atoms. The number of phenols is 1. The Morgan fingerprint density at radius 1 is 0.780 bits per heavy atom. The molecule has 2 heterocycles. The molecule has 11 unspecified atom stereocenters. The lowest BCUT2D eigenvalue weighted by Crippen LogP contribution is -2.62. The van der Waals surface area contributed by atoms with Gasteiger partial charge in [0.1, 0.15) is 61.2 Å². The summed E-state index contributed by atoms with van der Waals surface area (Å²) in [6, 6.07) is 15.4. The van der Waals surface area contributed by atoms with Gasteiger partial charge in [0.2, 0.25) is 0 Å². The summed E-state index contributed by atoms with van der Waals surface area (Å²) >= 11 is 0. The van der Waals surface area contributed by atoms with E-state index < -0.39 is 86.7 Å². The van der Waals surface area contributed by atoms with Crippen LogP contribution in [0.5, 0.6) is 5.75 Å². The first kappa shape index (κ1) is 30.8. The second kappa shape index (κ2) is 13.6. The van der Waals surface area contributed by atoms with E-state index in [1.165, 1.54) is 24.3 Å². The number of ether oxygens (including phenoxy) is 5. The van der Waals surface area contributed by atoms with Gasteiger partial charge < -0.3 is 59.4 Å². The lowest BCUT2D eigenvalue weighted by atomic mass is 9.98. The minimum absolute atomic E-state index is 0.0577. The number of aliphatic hydroxyl groups excluding tert-OH is 6. The number of rotatable bonds is 9. The number of benzene rings is 2. The van der Waals surface area contributed by atoms with Gasteiger partial charge in [0.15, 0.2) is 18.7 Å². The number of hydrogen-bond acceptors (Lipinski definition) is 14. The smallest absolute Gasteiger partial charge is 0.338 e. The van der Waals surface area contributed by atoms with Crippen LogP contribution in [-0.4, -0.2) is 116 Å². The van der Waals surface area contributed by atoms with Crippen molar-refractivity contribution in [1.82, 2.24) is 0 Å². The third kappa shape index (κ3) is 7.18. The number of nitriles is 1. The molecule has 0 aliphatic carbocycles. The molecule has 2 fully saturated rings. The first-order chi connectivity index (χ1) is 19.6. The second-order valence-corrected chi connectivity index (χ2v) is 9.56. The molecule has 0 amide bonds. The molecule has 2 aliphatic heterocycles. The van der Waals surface area contributed by atoms with E-state index >= 15 is 0 Å². The molecule has 2 aromatic rings. The van der Waals surface area contributed by atoms with Gasteiger partial charge in [-0.1, -0.05) is 30.3 Å². The van der Waals surface area contributed by atoms with Crippen LogP contribution in [0.25, 0.3) is 0 Å². The van der Waals surface area contributed by atoms with E-state index in [0.29, 0.717) is 5.56 Å². The van der Waals surface area contributed by atoms with Crippen molar-refractivity contribution in [2.75, 3.05) is 13.2 Å². The molecule has 2 aliphatic rings. The minimum Gasteiger partial charge on any atom is -0.508 e. The van der Waals surface area contributed by atoms with Gasteiger partial charge in [-0.25, -0.2) is 4.79 Å². The van der Waals surface area contributed by atoms with E-state index in [2.05, 4.69) is 0 Å². The summed E-state index contributed by atoms with van der Waals surface area (Å²) in [5.41, 5.74) is 0.566. The third-order valence-electron chi connectivity index (χ3n) is 6.73. The Labute approximate surface area is 234 Å². The molecule has 4 rings (SSSR count). The molecule has 14 nitrogen and oxygen atoms in total. The van der Waals surface area contributed by atoms with Crippen molar-refractivity contribution in [2.24, 2.45) is 0 Å². The molecule has 222 valence electrons. The lowest BCUT2D eigenvalue weighted by molar-refractivity contribution is -0.334. The van der Waals surface area contributed by atoms with Crippen LogP contribution in [-0.2, 0) is 23.7 Å². The van der Waals surface area contributed by atoms with Crippen LogP contribution in [0, 0.1) is 11.3 Å². The number of phenolic OH excluding ortho intramolecular Hbond substituents is 1. The summed E-state index contributed by atoms with van der Waals surface area (Å²) in [6.45, 7) is -1.10. The van der Waals surface area contributed by atoms with E-state index in [-0.39, 0.29) is 11.3 Å². The van der Waals surface area contributed by atoms with Crippen LogP contribution < -0.4 is 0 Å². The summed E-state index contributed by atoms with van der Waals surface area (Å²) in [5.74, 6) is -0.861. The van der Waals surface area contributed by atoms with Gasteiger partial charge in [-0.3, -0.25) is 0 Å². The molecule has 14 heteroatoms. The second-order valence-electron chi connectivity index (χ2n) is 9.56. The topological polar surface area (TPSA) is 229 Å². The Balaban J connectivity index is 1.37. The Bertz CT molecular complexity index is 1180. The zero-order valence-corrected chi connectivity index (χ0v) is 21.5. The highest BCUT2D eigenvalue weighted by Gasteiger charge is 2.48. The summed E-state index contributed by atoms with van der Waals surface area (Å²) < 4.78 is 27.3. The average molecular weight is 578 g/mol. The Morgan fingerprint density at radius 3 is 1.95 bits per heavy atom. The molecular formula is C27H31NO13. The number of nitrogens with zero attached hydrogens (tertiary/aromatic N) is 1.